The smallest absolute Gasteiger partial charge is 0.144 e. The van der Waals surface area contributed by atoms with Crippen LogP contribution >= 0.6 is 0 Å². The number of nitriles is 1. The summed E-state index contributed by atoms with van der Waals surface area (Å²) in [4.78, 5) is 0. The van der Waals surface area contributed by atoms with E-state index >= 15 is 0 Å². The average Bonchev–Trinajstić information content (AvgIpc) is 2.06. The molecule has 0 aromatic heterocycles. The maximum Gasteiger partial charge on any atom is 0.144 e. The molecule has 0 aliphatic carbocycles. The van der Waals surface area contributed by atoms with Gasteiger partial charge in [0.1, 0.15) is 11.4 Å². The summed E-state index contributed by atoms with van der Waals surface area (Å²) < 4.78 is 5.60. The maximum absolute atomic E-state index is 8.70. The summed E-state index contributed by atoms with van der Waals surface area (Å²) in [5, 5.41) is 8.70. The van der Waals surface area contributed by atoms with E-state index in [0.29, 0.717) is 17.0 Å². The highest BCUT2D eigenvalue weighted by Gasteiger charge is 2.13. The van der Waals surface area contributed by atoms with Crippen molar-refractivity contribution in [3.05, 3.63) is 23.8 Å². The standard InChI is InChI=1S/C11H14N2O/c1-11(2,3)14-10-6-8(7-12)4-5-9(10)13/h4-6H,13H2,1-3H3. The molecule has 0 spiro atoms. The van der Waals surface area contributed by atoms with Crippen molar-refractivity contribution < 1.29 is 4.74 Å². The third kappa shape index (κ3) is 2.67. The second-order valence-electron chi connectivity index (χ2n) is 4.08. The van der Waals surface area contributed by atoms with Gasteiger partial charge >= 0.3 is 0 Å². The van der Waals surface area contributed by atoms with Crippen molar-refractivity contribution in [1.29, 1.82) is 5.26 Å². The van der Waals surface area contributed by atoms with Gasteiger partial charge in [0.05, 0.1) is 17.3 Å². The van der Waals surface area contributed by atoms with Crippen molar-refractivity contribution in [2.45, 2.75) is 26.4 Å². The van der Waals surface area contributed by atoms with Crippen molar-refractivity contribution in [2.24, 2.45) is 0 Å². The average molecular weight is 190 g/mol. The van der Waals surface area contributed by atoms with Crippen LogP contribution in [0.1, 0.15) is 26.3 Å². The summed E-state index contributed by atoms with van der Waals surface area (Å²) in [6.45, 7) is 5.81. The molecule has 0 atom stereocenters. The van der Waals surface area contributed by atoms with Crippen LogP contribution in [0.3, 0.4) is 0 Å². The zero-order valence-corrected chi connectivity index (χ0v) is 8.66. The van der Waals surface area contributed by atoms with E-state index in [2.05, 4.69) is 0 Å². The Kier molecular flexibility index (Phi) is 2.66. The van der Waals surface area contributed by atoms with E-state index < -0.39 is 0 Å². The summed E-state index contributed by atoms with van der Waals surface area (Å²) in [6.07, 6.45) is 0. The second-order valence-corrected chi connectivity index (χ2v) is 4.08. The molecule has 2 N–H and O–H groups in total. The number of nitrogens with zero attached hydrogens (tertiary/aromatic N) is 1. The van der Waals surface area contributed by atoms with Gasteiger partial charge in [-0.1, -0.05) is 0 Å². The predicted octanol–water partition coefficient (Wildman–Crippen LogP) is 2.32. The zero-order chi connectivity index (χ0) is 10.8. The van der Waals surface area contributed by atoms with Gasteiger partial charge in [0.15, 0.2) is 0 Å². The molecule has 0 aliphatic heterocycles. The van der Waals surface area contributed by atoms with Crippen LogP contribution in [0, 0.1) is 11.3 Å². The Morgan fingerprint density at radius 2 is 2.00 bits per heavy atom. The highest BCUT2D eigenvalue weighted by Crippen LogP contribution is 2.26. The Morgan fingerprint density at radius 3 is 2.50 bits per heavy atom. The molecule has 0 unspecified atom stereocenters. The molecule has 0 bridgehead atoms. The molecule has 0 aliphatic rings. The van der Waals surface area contributed by atoms with Gasteiger partial charge in [-0.25, -0.2) is 0 Å². The van der Waals surface area contributed by atoms with Gasteiger partial charge < -0.3 is 10.5 Å². The fourth-order valence-electron chi connectivity index (χ4n) is 1.02. The van der Waals surface area contributed by atoms with Crippen LogP contribution in [0.5, 0.6) is 5.75 Å². The van der Waals surface area contributed by atoms with Crippen LogP contribution < -0.4 is 10.5 Å². The van der Waals surface area contributed by atoms with E-state index in [1.807, 2.05) is 26.8 Å². The number of rotatable bonds is 1. The largest absolute Gasteiger partial charge is 0.486 e. The Hall–Kier alpha value is -1.69. The number of nitrogens with two attached hydrogens (primary N) is 1. The molecule has 1 aromatic rings. The highest BCUT2D eigenvalue weighted by molar-refractivity contribution is 5.56. The first kappa shape index (κ1) is 10.4. The predicted molar refractivity (Wildman–Crippen MR) is 56.0 cm³/mol. The van der Waals surface area contributed by atoms with Gasteiger partial charge in [-0.05, 0) is 32.9 Å². The lowest BCUT2D eigenvalue weighted by atomic mass is 10.1. The van der Waals surface area contributed by atoms with Crippen molar-refractivity contribution in [1.82, 2.24) is 0 Å². The van der Waals surface area contributed by atoms with Gasteiger partial charge in [-0.2, -0.15) is 5.26 Å². The summed E-state index contributed by atoms with van der Waals surface area (Å²) in [5.74, 6) is 0.566. The second kappa shape index (κ2) is 3.59. The minimum absolute atomic E-state index is 0.303. The lowest BCUT2D eigenvalue weighted by Gasteiger charge is -2.22. The molecular formula is C11H14N2O. The van der Waals surface area contributed by atoms with Gasteiger partial charge in [-0.3, -0.25) is 0 Å². The summed E-state index contributed by atoms with van der Waals surface area (Å²) in [6, 6.07) is 7.05. The first-order valence-electron chi connectivity index (χ1n) is 4.41. The number of anilines is 1. The summed E-state index contributed by atoms with van der Waals surface area (Å²) >= 11 is 0. The third-order valence-electron chi connectivity index (χ3n) is 1.56. The molecule has 0 heterocycles. The molecule has 1 rings (SSSR count). The van der Waals surface area contributed by atoms with Crippen molar-refractivity contribution in [3.63, 3.8) is 0 Å². The normalized spacial score (nSPS) is 10.7. The number of hydrogen-bond donors (Lipinski definition) is 1. The Labute approximate surface area is 84.1 Å². The lowest BCUT2D eigenvalue weighted by molar-refractivity contribution is 0.132. The number of nitrogen functional groups attached to an aromatic ring is 1. The Morgan fingerprint density at radius 1 is 1.36 bits per heavy atom. The fraction of sp³-hybridized carbons (Fsp3) is 0.364. The first-order chi connectivity index (χ1) is 6.42. The Balaban J connectivity index is 3.03. The molecule has 3 nitrogen and oxygen atoms in total. The minimum atomic E-state index is -0.303. The molecule has 3 heteroatoms. The number of benzene rings is 1. The molecule has 14 heavy (non-hydrogen) atoms. The van der Waals surface area contributed by atoms with Crippen LogP contribution in [0.2, 0.25) is 0 Å². The highest BCUT2D eigenvalue weighted by atomic mass is 16.5. The number of hydrogen-bond acceptors (Lipinski definition) is 3. The quantitative estimate of drug-likeness (QED) is 0.691. The van der Waals surface area contributed by atoms with E-state index in [1.54, 1.807) is 18.2 Å². The molecule has 0 fully saturated rings. The fourth-order valence-corrected chi connectivity index (χ4v) is 1.02. The van der Waals surface area contributed by atoms with Crippen LogP contribution in [0.15, 0.2) is 18.2 Å². The van der Waals surface area contributed by atoms with Gasteiger partial charge in [-0.15, -0.1) is 0 Å². The van der Waals surface area contributed by atoms with Crippen molar-refractivity contribution in [2.75, 3.05) is 5.73 Å². The first-order valence-corrected chi connectivity index (χ1v) is 4.41. The van der Waals surface area contributed by atoms with Crippen molar-refractivity contribution >= 4 is 5.69 Å². The summed E-state index contributed by atoms with van der Waals surface area (Å²) in [5.41, 5.74) is 6.52. The van der Waals surface area contributed by atoms with Gasteiger partial charge in [0, 0.05) is 6.07 Å². The molecular weight excluding hydrogens is 176 g/mol. The molecule has 74 valence electrons. The molecule has 0 amide bonds. The van der Waals surface area contributed by atoms with Gasteiger partial charge in [0.2, 0.25) is 0 Å². The van der Waals surface area contributed by atoms with Crippen molar-refractivity contribution in [3.8, 4) is 11.8 Å². The van der Waals surface area contributed by atoms with Crippen LogP contribution in [0.25, 0.3) is 0 Å². The van der Waals surface area contributed by atoms with E-state index in [-0.39, 0.29) is 5.60 Å². The van der Waals surface area contributed by atoms with E-state index in [1.165, 1.54) is 0 Å². The topological polar surface area (TPSA) is 59.0 Å². The van der Waals surface area contributed by atoms with Gasteiger partial charge in [0.25, 0.3) is 0 Å². The minimum Gasteiger partial charge on any atom is -0.486 e. The zero-order valence-electron chi connectivity index (χ0n) is 8.66. The SMILES string of the molecule is CC(C)(C)Oc1cc(C#N)ccc1N. The van der Waals surface area contributed by atoms with E-state index in [0.717, 1.165) is 0 Å². The van der Waals surface area contributed by atoms with Crippen LogP contribution in [0.4, 0.5) is 5.69 Å². The van der Waals surface area contributed by atoms with Crippen LogP contribution in [-0.4, -0.2) is 5.60 Å². The molecule has 0 saturated heterocycles. The molecule has 0 radical (unpaired) electrons. The Bertz CT molecular complexity index is 372. The molecule has 0 saturated carbocycles. The van der Waals surface area contributed by atoms with Crippen LogP contribution in [-0.2, 0) is 0 Å². The third-order valence-corrected chi connectivity index (χ3v) is 1.56. The molecule has 1 aromatic carbocycles. The monoisotopic (exact) mass is 190 g/mol. The maximum atomic E-state index is 8.70. The number of ether oxygens (including phenoxy) is 1. The lowest BCUT2D eigenvalue weighted by Crippen LogP contribution is -2.23. The van der Waals surface area contributed by atoms with E-state index in [9.17, 15) is 0 Å². The summed E-state index contributed by atoms with van der Waals surface area (Å²) in [7, 11) is 0. The van der Waals surface area contributed by atoms with E-state index in [4.69, 9.17) is 15.7 Å².